The molecule has 3 rings (SSSR count). The number of anilines is 1. The highest BCUT2D eigenvalue weighted by molar-refractivity contribution is 6.32. The lowest BCUT2D eigenvalue weighted by Crippen LogP contribution is -2.14. The summed E-state index contributed by atoms with van der Waals surface area (Å²) in [4.78, 5) is 0. The molecule has 27 heavy (non-hydrogen) atoms. The molecule has 0 aliphatic carbocycles. The quantitative estimate of drug-likeness (QED) is 0.668. The van der Waals surface area contributed by atoms with E-state index >= 15 is 0 Å². The summed E-state index contributed by atoms with van der Waals surface area (Å²) in [7, 11) is 1.59. The molecule has 0 amide bonds. The Labute approximate surface area is 163 Å². The second-order valence-corrected chi connectivity index (χ2v) is 6.98. The predicted molar refractivity (Wildman–Crippen MR) is 108 cm³/mol. The van der Waals surface area contributed by atoms with Crippen LogP contribution < -0.4 is 10.1 Å². The van der Waals surface area contributed by atoms with Gasteiger partial charge in [0.05, 0.1) is 12.1 Å². The van der Waals surface area contributed by atoms with Gasteiger partial charge in [0.1, 0.15) is 17.0 Å². The van der Waals surface area contributed by atoms with E-state index in [-0.39, 0.29) is 0 Å². The van der Waals surface area contributed by atoms with Crippen LogP contribution in [0.4, 0.5) is 5.82 Å². The van der Waals surface area contributed by atoms with Crippen LogP contribution in [0.3, 0.4) is 0 Å². The van der Waals surface area contributed by atoms with Crippen molar-refractivity contribution in [3.8, 4) is 17.6 Å². The summed E-state index contributed by atoms with van der Waals surface area (Å²) in [6.45, 7) is 3.80. The van der Waals surface area contributed by atoms with Gasteiger partial charge in [-0.15, -0.1) is 10.2 Å². The van der Waals surface area contributed by atoms with Crippen LogP contribution in [-0.4, -0.2) is 28.0 Å². The molecular weight excluding hydrogens is 362 g/mol. The van der Waals surface area contributed by atoms with Crippen LogP contribution in [-0.2, 0) is 6.54 Å². The number of nitrogens with zero attached hydrogens (tertiary/aromatic N) is 2. The van der Waals surface area contributed by atoms with E-state index in [9.17, 15) is 5.11 Å². The van der Waals surface area contributed by atoms with Crippen molar-refractivity contribution in [3.05, 3.63) is 58.7 Å². The molecule has 1 heterocycles. The number of nitrogens with one attached hydrogen (secondary N) is 1. The molecule has 0 saturated heterocycles. The van der Waals surface area contributed by atoms with Gasteiger partial charge in [0.2, 0.25) is 0 Å². The van der Waals surface area contributed by atoms with E-state index in [1.54, 1.807) is 21.0 Å². The Morgan fingerprint density at radius 2 is 1.89 bits per heavy atom. The molecule has 5 nitrogen and oxygen atoms in total. The number of rotatable bonds is 4. The zero-order valence-electron chi connectivity index (χ0n) is 15.4. The van der Waals surface area contributed by atoms with Crippen molar-refractivity contribution < 1.29 is 9.84 Å². The van der Waals surface area contributed by atoms with Crippen LogP contribution in [0.5, 0.6) is 5.75 Å². The summed E-state index contributed by atoms with van der Waals surface area (Å²) in [6.07, 6.45) is 0. The first-order valence-corrected chi connectivity index (χ1v) is 8.82. The van der Waals surface area contributed by atoms with Crippen molar-refractivity contribution in [2.75, 3.05) is 12.4 Å². The third-order valence-electron chi connectivity index (χ3n) is 3.85. The Kier molecular flexibility index (Phi) is 5.50. The van der Waals surface area contributed by atoms with Gasteiger partial charge in [-0.1, -0.05) is 47.9 Å². The van der Waals surface area contributed by atoms with Crippen LogP contribution in [0, 0.1) is 11.8 Å². The number of benzene rings is 2. The summed E-state index contributed by atoms with van der Waals surface area (Å²) >= 11 is 6.18. The van der Waals surface area contributed by atoms with Crippen molar-refractivity contribution in [1.82, 2.24) is 10.2 Å². The standard InChI is InChI=1S/C21H20ClN3O2/c1-21(2,26)11-10-18-15-6-4-5-7-16(15)20(25-24-18)23-13-14-8-9-19(27-3)17(22)12-14/h4-9,12,26H,13H2,1-3H3,(H,23,25). The van der Waals surface area contributed by atoms with Gasteiger partial charge in [0.25, 0.3) is 0 Å². The fourth-order valence-corrected chi connectivity index (χ4v) is 2.82. The summed E-state index contributed by atoms with van der Waals surface area (Å²) in [5.41, 5.74) is 0.441. The molecule has 1 aromatic heterocycles. The van der Waals surface area contributed by atoms with Crippen molar-refractivity contribution in [2.24, 2.45) is 0 Å². The molecule has 0 aliphatic heterocycles. The molecule has 0 radical (unpaired) electrons. The number of hydrogen-bond acceptors (Lipinski definition) is 5. The van der Waals surface area contributed by atoms with Crippen molar-refractivity contribution in [3.63, 3.8) is 0 Å². The number of aromatic nitrogens is 2. The molecule has 2 aromatic carbocycles. The molecule has 0 unspecified atom stereocenters. The van der Waals surface area contributed by atoms with E-state index in [1.807, 2.05) is 42.5 Å². The second-order valence-electron chi connectivity index (χ2n) is 6.57. The van der Waals surface area contributed by atoms with Gasteiger partial charge in [0, 0.05) is 17.3 Å². The lowest BCUT2D eigenvalue weighted by atomic mass is 10.1. The molecule has 0 fully saturated rings. The largest absolute Gasteiger partial charge is 0.495 e. The highest BCUT2D eigenvalue weighted by Gasteiger charge is 2.10. The van der Waals surface area contributed by atoms with E-state index in [1.165, 1.54) is 0 Å². The Bertz CT molecular complexity index is 1030. The van der Waals surface area contributed by atoms with Crippen LogP contribution in [0.2, 0.25) is 5.02 Å². The minimum absolute atomic E-state index is 0.533. The van der Waals surface area contributed by atoms with Gasteiger partial charge < -0.3 is 15.2 Å². The highest BCUT2D eigenvalue weighted by atomic mass is 35.5. The maximum absolute atomic E-state index is 9.82. The Balaban J connectivity index is 1.89. The molecule has 2 N–H and O–H groups in total. The summed E-state index contributed by atoms with van der Waals surface area (Å²) in [5, 5.41) is 24.0. The summed E-state index contributed by atoms with van der Waals surface area (Å²) in [5.74, 6) is 6.99. The van der Waals surface area contributed by atoms with E-state index in [0.29, 0.717) is 28.8 Å². The maximum Gasteiger partial charge on any atom is 0.156 e. The van der Waals surface area contributed by atoms with Gasteiger partial charge >= 0.3 is 0 Å². The molecule has 0 atom stereocenters. The van der Waals surface area contributed by atoms with Gasteiger partial charge in [-0.2, -0.15) is 0 Å². The molecule has 3 aromatic rings. The maximum atomic E-state index is 9.82. The van der Waals surface area contributed by atoms with Crippen LogP contribution in [0.1, 0.15) is 25.1 Å². The zero-order valence-corrected chi connectivity index (χ0v) is 16.1. The third-order valence-corrected chi connectivity index (χ3v) is 4.15. The lowest BCUT2D eigenvalue weighted by Gasteiger charge is -2.11. The molecule has 0 saturated carbocycles. The summed E-state index contributed by atoms with van der Waals surface area (Å²) in [6, 6.07) is 13.4. The number of ether oxygens (including phenoxy) is 1. The first-order valence-electron chi connectivity index (χ1n) is 8.44. The van der Waals surface area contributed by atoms with Crippen molar-refractivity contribution >= 4 is 28.2 Å². The van der Waals surface area contributed by atoms with Crippen LogP contribution in [0.25, 0.3) is 10.8 Å². The highest BCUT2D eigenvalue weighted by Crippen LogP contribution is 2.26. The lowest BCUT2D eigenvalue weighted by molar-refractivity contribution is 0.143. The monoisotopic (exact) mass is 381 g/mol. The second kappa shape index (κ2) is 7.83. The van der Waals surface area contributed by atoms with Crippen molar-refractivity contribution in [1.29, 1.82) is 0 Å². The molecule has 6 heteroatoms. The number of halogens is 1. The fraction of sp³-hybridized carbons (Fsp3) is 0.238. The third kappa shape index (κ3) is 4.68. The number of aliphatic hydroxyl groups is 1. The Morgan fingerprint density at radius 3 is 2.56 bits per heavy atom. The van der Waals surface area contributed by atoms with Gasteiger partial charge in [-0.3, -0.25) is 0 Å². The molecule has 0 aliphatic rings. The van der Waals surface area contributed by atoms with E-state index in [0.717, 1.165) is 16.3 Å². The smallest absolute Gasteiger partial charge is 0.156 e. The van der Waals surface area contributed by atoms with E-state index in [2.05, 4.69) is 27.4 Å². The molecular formula is C21H20ClN3O2. The van der Waals surface area contributed by atoms with E-state index in [4.69, 9.17) is 16.3 Å². The zero-order chi connectivity index (χ0) is 19.4. The van der Waals surface area contributed by atoms with E-state index < -0.39 is 5.60 Å². The SMILES string of the molecule is COc1ccc(CNc2nnc(C#CC(C)(C)O)c3ccccc23)cc1Cl. The first-order chi connectivity index (χ1) is 12.9. The predicted octanol–water partition coefficient (Wildman–Crippen LogP) is 4.03. The molecule has 0 bridgehead atoms. The molecule has 0 spiro atoms. The first kappa shape index (κ1) is 19.0. The number of fused-ring (bicyclic) bond motifs is 1. The average molecular weight is 382 g/mol. The number of methoxy groups -OCH3 is 1. The van der Waals surface area contributed by atoms with Gasteiger partial charge in [0.15, 0.2) is 5.82 Å². The van der Waals surface area contributed by atoms with Crippen LogP contribution >= 0.6 is 11.6 Å². The fourth-order valence-electron chi connectivity index (χ4n) is 2.54. The minimum Gasteiger partial charge on any atom is -0.495 e. The van der Waals surface area contributed by atoms with Gasteiger partial charge in [-0.05, 0) is 37.5 Å². The topological polar surface area (TPSA) is 67.3 Å². The average Bonchev–Trinajstić information content (AvgIpc) is 2.64. The number of hydrogen-bond donors (Lipinski definition) is 2. The van der Waals surface area contributed by atoms with Crippen LogP contribution in [0.15, 0.2) is 42.5 Å². The van der Waals surface area contributed by atoms with Gasteiger partial charge in [-0.25, -0.2) is 0 Å². The molecule has 138 valence electrons. The Hall–Kier alpha value is -2.81. The Morgan fingerprint density at radius 1 is 1.15 bits per heavy atom. The normalized spacial score (nSPS) is 11.0. The summed E-state index contributed by atoms with van der Waals surface area (Å²) < 4.78 is 5.18. The van der Waals surface area contributed by atoms with Crippen molar-refractivity contribution in [2.45, 2.75) is 26.0 Å². The minimum atomic E-state index is -1.09.